The molecule has 1 aliphatic heterocycles. The van der Waals surface area contributed by atoms with E-state index in [9.17, 15) is 18.0 Å². The van der Waals surface area contributed by atoms with E-state index in [-0.39, 0.29) is 13.1 Å². The van der Waals surface area contributed by atoms with E-state index < -0.39 is 24.2 Å². The molecule has 1 aliphatic rings. The second-order valence-corrected chi connectivity index (χ2v) is 3.81. The number of hydrogen-bond donors (Lipinski definition) is 3. The third-order valence-corrected chi connectivity index (χ3v) is 2.49. The fourth-order valence-corrected chi connectivity index (χ4v) is 1.63. The lowest BCUT2D eigenvalue weighted by atomic mass is 10.0. The van der Waals surface area contributed by atoms with E-state index in [4.69, 9.17) is 0 Å². The molecule has 0 aromatic carbocycles. The maximum Gasteiger partial charge on any atom is 0.395 e. The molecule has 0 aromatic rings. The maximum absolute atomic E-state index is 12.5. The second kappa shape index (κ2) is 5.38. The predicted molar refractivity (Wildman–Crippen MR) is 53.0 cm³/mol. The quantitative estimate of drug-likeness (QED) is 0.683. The van der Waals surface area contributed by atoms with Crippen LogP contribution in [0.2, 0.25) is 0 Å². The summed E-state index contributed by atoms with van der Waals surface area (Å²) >= 11 is 0. The largest absolute Gasteiger partial charge is 0.395 e. The molecule has 3 N–H and O–H groups in total. The Bertz CT molecular complexity index is 245. The lowest BCUT2D eigenvalue weighted by molar-refractivity contribution is -0.173. The molecule has 0 aliphatic carbocycles. The zero-order chi connectivity index (χ0) is 12.2. The van der Waals surface area contributed by atoms with Crippen molar-refractivity contribution in [2.45, 2.75) is 25.6 Å². The zero-order valence-corrected chi connectivity index (χ0v) is 9.03. The van der Waals surface area contributed by atoms with Crippen LogP contribution in [0.3, 0.4) is 0 Å². The Morgan fingerprint density at radius 2 is 2.12 bits per heavy atom. The highest BCUT2D eigenvalue weighted by Gasteiger charge is 2.47. The summed E-state index contributed by atoms with van der Waals surface area (Å²) in [5.74, 6) is -1.50. The number of halogens is 3. The van der Waals surface area contributed by atoms with Gasteiger partial charge in [0.25, 0.3) is 0 Å². The van der Waals surface area contributed by atoms with E-state index in [1.165, 1.54) is 0 Å². The summed E-state index contributed by atoms with van der Waals surface area (Å²) in [5, 5.41) is 7.45. The van der Waals surface area contributed by atoms with Crippen LogP contribution in [0.25, 0.3) is 0 Å². The number of amides is 2. The molecule has 0 bridgehead atoms. The first kappa shape index (κ1) is 13.1. The van der Waals surface area contributed by atoms with Crippen molar-refractivity contribution >= 4 is 6.03 Å². The molecule has 2 atom stereocenters. The number of rotatable bonds is 3. The third kappa shape index (κ3) is 3.55. The highest BCUT2D eigenvalue weighted by Crippen LogP contribution is 2.30. The summed E-state index contributed by atoms with van der Waals surface area (Å²) < 4.78 is 37.5. The van der Waals surface area contributed by atoms with E-state index in [1.807, 2.05) is 6.92 Å². The number of urea groups is 1. The van der Waals surface area contributed by atoms with Crippen LogP contribution in [-0.4, -0.2) is 37.9 Å². The van der Waals surface area contributed by atoms with E-state index in [1.54, 1.807) is 0 Å². The standard InChI is InChI=1S/C9H16F3N3O/c1-2-3-14-8(16)15-7-5-13-4-6(7)9(10,11)12/h6-7,13H,2-5H2,1H3,(H2,14,15,16)/t6-,7-/m1/s1. The topological polar surface area (TPSA) is 53.2 Å². The molecule has 0 saturated carbocycles. The summed E-state index contributed by atoms with van der Waals surface area (Å²) in [6.07, 6.45) is -3.52. The van der Waals surface area contributed by atoms with E-state index in [2.05, 4.69) is 16.0 Å². The van der Waals surface area contributed by atoms with Crippen LogP contribution >= 0.6 is 0 Å². The Balaban J connectivity index is 2.44. The van der Waals surface area contributed by atoms with Crippen molar-refractivity contribution in [1.82, 2.24) is 16.0 Å². The highest BCUT2D eigenvalue weighted by molar-refractivity contribution is 5.74. The van der Waals surface area contributed by atoms with Gasteiger partial charge in [0.2, 0.25) is 0 Å². The van der Waals surface area contributed by atoms with Crippen LogP contribution in [-0.2, 0) is 0 Å². The third-order valence-electron chi connectivity index (χ3n) is 2.49. The van der Waals surface area contributed by atoms with Crippen molar-refractivity contribution in [3.63, 3.8) is 0 Å². The summed E-state index contributed by atoms with van der Waals surface area (Å²) in [6, 6.07) is -1.42. The van der Waals surface area contributed by atoms with Crippen LogP contribution in [0.15, 0.2) is 0 Å². The van der Waals surface area contributed by atoms with Gasteiger partial charge in [-0.05, 0) is 6.42 Å². The van der Waals surface area contributed by atoms with Gasteiger partial charge in [-0.2, -0.15) is 13.2 Å². The van der Waals surface area contributed by atoms with Crippen molar-refractivity contribution in [3.05, 3.63) is 0 Å². The van der Waals surface area contributed by atoms with Gasteiger partial charge in [-0.1, -0.05) is 6.92 Å². The number of nitrogens with one attached hydrogen (secondary N) is 3. The van der Waals surface area contributed by atoms with Crippen molar-refractivity contribution in [1.29, 1.82) is 0 Å². The molecule has 0 radical (unpaired) electrons. The van der Waals surface area contributed by atoms with Crippen LogP contribution in [0.5, 0.6) is 0 Å². The lowest BCUT2D eigenvalue weighted by Gasteiger charge is -2.22. The molecule has 7 heteroatoms. The molecule has 1 saturated heterocycles. The summed E-state index contributed by atoms with van der Waals surface area (Å²) in [4.78, 5) is 11.2. The van der Waals surface area contributed by atoms with Gasteiger partial charge in [0.1, 0.15) is 0 Å². The van der Waals surface area contributed by atoms with Crippen molar-refractivity contribution in [2.75, 3.05) is 19.6 Å². The molecule has 94 valence electrons. The van der Waals surface area contributed by atoms with Gasteiger partial charge in [0.15, 0.2) is 0 Å². The molecule has 16 heavy (non-hydrogen) atoms. The summed E-state index contributed by atoms with van der Waals surface area (Å²) in [5.41, 5.74) is 0. The molecule has 1 heterocycles. The Labute approximate surface area is 92.0 Å². The number of carbonyl (C=O) groups is 1. The van der Waals surface area contributed by atoms with Gasteiger partial charge >= 0.3 is 12.2 Å². The Morgan fingerprint density at radius 3 is 2.69 bits per heavy atom. The van der Waals surface area contributed by atoms with Crippen molar-refractivity contribution in [2.24, 2.45) is 5.92 Å². The van der Waals surface area contributed by atoms with E-state index in [0.29, 0.717) is 6.54 Å². The zero-order valence-electron chi connectivity index (χ0n) is 9.03. The van der Waals surface area contributed by atoms with Gasteiger partial charge in [0.05, 0.1) is 12.0 Å². The SMILES string of the molecule is CCCNC(=O)N[C@@H]1CNC[C@H]1C(F)(F)F. The minimum absolute atomic E-state index is 0.137. The van der Waals surface area contributed by atoms with Crippen LogP contribution < -0.4 is 16.0 Å². The van der Waals surface area contributed by atoms with Crippen LogP contribution in [0.4, 0.5) is 18.0 Å². The van der Waals surface area contributed by atoms with Gasteiger partial charge in [0, 0.05) is 19.6 Å². The average Bonchev–Trinajstić information content (AvgIpc) is 2.62. The molecule has 0 aromatic heterocycles. The molecule has 0 unspecified atom stereocenters. The monoisotopic (exact) mass is 239 g/mol. The number of hydrogen-bond acceptors (Lipinski definition) is 2. The highest BCUT2D eigenvalue weighted by atomic mass is 19.4. The molecule has 0 spiro atoms. The first-order valence-corrected chi connectivity index (χ1v) is 5.27. The van der Waals surface area contributed by atoms with E-state index >= 15 is 0 Å². The Morgan fingerprint density at radius 1 is 1.44 bits per heavy atom. The van der Waals surface area contributed by atoms with Crippen LogP contribution in [0.1, 0.15) is 13.3 Å². The van der Waals surface area contributed by atoms with Gasteiger partial charge in [-0.25, -0.2) is 4.79 Å². The molecule has 2 amide bonds. The van der Waals surface area contributed by atoms with Gasteiger partial charge in [-0.15, -0.1) is 0 Å². The second-order valence-electron chi connectivity index (χ2n) is 3.81. The maximum atomic E-state index is 12.5. The minimum atomic E-state index is -4.27. The fourth-order valence-electron chi connectivity index (χ4n) is 1.63. The Hall–Kier alpha value is -0.980. The first-order valence-electron chi connectivity index (χ1n) is 5.27. The van der Waals surface area contributed by atoms with Crippen molar-refractivity contribution < 1.29 is 18.0 Å². The van der Waals surface area contributed by atoms with Crippen molar-refractivity contribution in [3.8, 4) is 0 Å². The molecule has 1 fully saturated rings. The molecular weight excluding hydrogens is 223 g/mol. The molecular formula is C9H16F3N3O. The van der Waals surface area contributed by atoms with Gasteiger partial charge < -0.3 is 16.0 Å². The molecule has 4 nitrogen and oxygen atoms in total. The van der Waals surface area contributed by atoms with Gasteiger partial charge in [-0.3, -0.25) is 0 Å². The number of carbonyl (C=O) groups excluding carboxylic acids is 1. The number of alkyl halides is 3. The lowest BCUT2D eigenvalue weighted by Crippen LogP contribution is -2.49. The summed E-state index contributed by atoms with van der Waals surface area (Å²) in [6.45, 7) is 2.35. The van der Waals surface area contributed by atoms with Crippen LogP contribution in [0, 0.1) is 5.92 Å². The smallest absolute Gasteiger partial charge is 0.338 e. The first-order chi connectivity index (χ1) is 7.45. The average molecular weight is 239 g/mol. The fraction of sp³-hybridized carbons (Fsp3) is 0.889. The van der Waals surface area contributed by atoms with E-state index in [0.717, 1.165) is 6.42 Å². The Kier molecular flexibility index (Phi) is 4.40. The predicted octanol–water partition coefficient (Wildman–Crippen LogP) is 0.846. The minimum Gasteiger partial charge on any atom is -0.338 e. The normalized spacial score (nSPS) is 25.5. The summed E-state index contributed by atoms with van der Waals surface area (Å²) in [7, 11) is 0. The molecule has 1 rings (SSSR count).